The average molecular weight is 222 g/mol. The SMILES string of the molecule is O=C(O)c1cc(Cl)cnc1CC(F)F. The molecule has 0 bridgehead atoms. The Morgan fingerprint density at radius 1 is 1.64 bits per heavy atom. The van der Waals surface area contributed by atoms with Gasteiger partial charge in [-0.05, 0) is 6.07 Å². The molecule has 1 N–H and O–H groups in total. The highest BCUT2D eigenvalue weighted by Gasteiger charge is 2.15. The maximum atomic E-state index is 12.0. The first-order valence-electron chi connectivity index (χ1n) is 3.66. The Balaban J connectivity index is 3.08. The van der Waals surface area contributed by atoms with E-state index in [9.17, 15) is 13.6 Å². The van der Waals surface area contributed by atoms with Crippen molar-refractivity contribution >= 4 is 17.6 Å². The number of hydrogen-bond acceptors (Lipinski definition) is 2. The lowest BCUT2D eigenvalue weighted by molar-refractivity contribution is 0.0693. The molecule has 1 heterocycles. The standard InChI is InChI=1S/C8H6ClF2NO2/c9-4-1-5(8(13)14)6(12-3-4)2-7(10)11/h1,3,7H,2H2,(H,13,14). The van der Waals surface area contributed by atoms with Crippen LogP contribution in [-0.2, 0) is 6.42 Å². The predicted molar refractivity (Wildman–Crippen MR) is 45.9 cm³/mol. The molecule has 0 aliphatic rings. The Hall–Kier alpha value is -1.23. The summed E-state index contributed by atoms with van der Waals surface area (Å²) < 4.78 is 24.0. The summed E-state index contributed by atoms with van der Waals surface area (Å²) in [6.45, 7) is 0. The molecule has 0 saturated carbocycles. The zero-order valence-electron chi connectivity index (χ0n) is 6.88. The summed E-state index contributed by atoms with van der Waals surface area (Å²) in [5.41, 5.74) is -0.435. The Morgan fingerprint density at radius 2 is 2.29 bits per heavy atom. The Kier molecular flexibility index (Phi) is 3.35. The van der Waals surface area contributed by atoms with Gasteiger partial charge in [0.25, 0.3) is 0 Å². The number of aromatic nitrogens is 1. The van der Waals surface area contributed by atoms with Crippen molar-refractivity contribution in [2.45, 2.75) is 12.8 Å². The number of pyridine rings is 1. The van der Waals surface area contributed by atoms with E-state index in [1.54, 1.807) is 0 Å². The molecule has 0 aliphatic carbocycles. The number of carbonyl (C=O) groups is 1. The van der Waals surface area contributed by atoms with Crippen LogP contribution in [0, 0.1) is 0 Å². The van der Waals surface area contributed by atoms with E-state index in [0.717, 1.165) is 12.3 Å². The van der Waals surface area contributed by atoms with Crippen molar-refractivity contribution in [2.75, 3.05) is 0 Å². The Bertz CT molecular complexity index is 357. The third-order valence-corrected chi connectivity index (χ3v) is 1.72. The Labute approximate surface area is 83.3 Å². The zero-order chi connectivity index (χ0) is 10.7. The molecule has 1 rings (SSSR count). The van der Waals surface area contributed by atoms with Crippen LogP contribution in [0.5, 0.6) is 0 Å². The zero-order valence-corrected chi connectivity index (χ0v) is 7.63. The molecule has 1 aromatic rings. The van der Waals surface area contributed by atoms with Crippen molar-refractivity contribution < 1.29 is 18.7 Å². The van der Waals surface area contributed by atoms with Crippen molar-refractivity contribution in [1.29, 1.82) is 0 Å². The molecule has 0 amide bonds. The van der Waals surface area contributed by atoms with Crippen molar-refractivity contribution in [3.63, 3.8) is 0 Å². The molecule has 0 radical (unpaired) electrons. The average Bonchev–Trinajstić information content (AvgIpc) is 2.07. The Morgan fingerprint density at radius 3 is 2.79 bits per heavy atom. The molecule has 3 nitrogen and oxygen atoms in total. The van der Waals surface area contributed by atoms with Crippen LogP contribution in [0.2, 0.25) is 5.02 Å². The van der Waals surface area contributed by atoms with Gasteiger partial charge in [0.1, 0.15) is 0 Å². The number of aromatic carboxylic acids is 1. The van der Waals surface area contributed by atoms with Crippen LogP contribution in [0.4, 0.5) is 8.78 Å². The van der Waals surface area contributed by atoms with Gasteiger partial charge in [0.05, 0.1) is 22.7 Å². The van der Waals surface area contributed by atoms with E-state index in [-0.39, 0.29) is 16.3 Å². The van der Waals surface area contributed by atoms with Crippen molar-refractivity contribution in [3.8, 4) is 0 Å². The molecule has 0 aliphatic heterocycles. The van der Waals surface area contributed by atoms with Crippen molar-refractivity contribution in [2.24, 2.45) is 0 Å². The van der Waals surface area contributed by atoms with Gasteiger partial charge in [-0.2, -0.15) is 0 Å². The van der Waals surface area contributed by atoms with Gasteiger partial charge >= 0.3 is 5.97 Å². The van der Waals surface area contributed by atoms with E-state index < -0.39 is 18.8 Å². The van der Waals surface area contributed by atoms with Gasteiger partial charge in [-0.15, -0.1) is 0 Å². The highest BCUT2D eigenvalue weighted by molar-refractivity contribution is 6.30. The summed E-state index contributed by atoms with van der Waals surface area (Å²) >= 11 is 5.48. The number of halogens is 3. The van der Waals surface area contributed by atoms with E-state index in [4.69, 9.17) is 16.7 Å². The van der Waals surface area contributed by atoms with Crippen molar-refractivity contribution in [3.05, 3.63) is 28.5 Å². The number of nitrogens with zero attached hydrogens (tertiary/aromatic N) is 1. The van der Waals surface area contributed by atoms with E-state index in [2.05, 4.69) is 4.98 Å². The molecule has 0 fully saturated rings. The third kappa shape index (κ3) is 2.63. The van der Waals surface area contributed by atoms with Gasteiger partial charge in [-0.3, -0.25) is 4.98 Å². The largest absolute Gasteiger partial charge is 0.478 e. The summed E-state index contributed by atoms with van der Waals surface area (Å²) in [6.07, 6.45) is -2.16. The summed E-state index contributed by atoms with van der Waals surface area (Å²) in [5.74, 6) is -1.31. The lowest BCUT2D eigenvalue weighted by Crippen LogP contribution is -2.08. The van der Waals surface area contributed by atoms with Gasteiger partial charge in [0, 0.05) is 6.20 Å². The predicted octanol–water partition coefficient (Wildman–Crippen LogP) is 2.24. The number of rotatable bonds is 3. The van der Waals surface area contributed by atoms with Crippen molar-refractivity contribution in [1.82, 2.24) is 4.98 Å². The van der Waals surface area contributed by atoms with Gasteiger partial charge in [0.2, 0.25) is 6.43 Å². The summed E-state index contributed by atoms with van der Waals surface area (Å²) in [4.78, 5) is 14.2. The van der Waals surface area contributed by atoms with E-state index in [1.165, 1.54) is 0 Å². The third-order valence-electron chi connectivity index (χ3n) is 1.51. The van der Waals surface area contributed by atoms with Crippen LogP contribution in [0.25, 0.3) is 0 Å². The summed E-state index contributed by atoms with van der Waals surface area (Å²) in [6, 6.07) is 1.11. The maximum Gasteiger partial charge on any atom is 0.337 e. The molecule has 1 aromatic heterocycles. The molecule has 0 saturated heterocycles. The highest BCUT2D eigenvalue weighted by atomic mass is 35.5. The van der Waals surface area contributed by atoms with Crippen LogP contribution < -0.4 is 0 Å². The maximum absolute atomic E-state index is 12.0. The van der Waals surface area contributed by atoms with Crippen LogP contribution in [0.3, 0.4) is 0 Å². The molecule has 14 heavy (non-hydrogen) atoms. The quantitative estimate of drug-likeness (QED) is 0.852. The molecular weight excluding hydrogens is 216 g/mol. The molecule has 0 aromatic carbocycles. The molecule has 6 heteroatoms. The normalized spacial score (nSPS) is 10.6. The van der Waals surface area contributed by atoms with Crippen LogP contribution in [-0.4, -0.2) is 22.5 Å². The van der Waals surface area contributed by atoms with Crippen LogP contribution >= 0.6 is 11.6 Å². The number of carboxylic acid groups (broad SMARTS) is 1. The second-order valence-electron chi connectivity index (χ2n) is 2.55. The highest BCUT2D eigenvalue weighted by Crippen LogP contribution is 2.15. The van der Waals surface area contributed by atoms with E-state index in [0.29, 0.717) is 0 Å². The van der Waals surface area contributed by atoms with Gasteiger partial charge in [-0.25, -0.2) is 13.6 Å². The molecule has 0 atom stereocenters. The second-order valence-corrected chi connectivity index (χ2v) is 2.98. The first-order chi connectivity index (χ1) is 6.50. The van der Waals surface area contributed by atoms with Gasteiger partial charge in [-0.1, -0.05) is 11.6 Å². The minimum absolute atomic E-state index is 0.111. The minimum Gasteiger partial charge on any atom is -0.478 e. The van der Waals surface area contributed by atoms with Crippen LogP contribution in [0.1, 0.15) is 16.1 Å². The van der Waals surface area contributed by atoms with E-state index >= 15 is 0 Å². The number of carboxylic acids is 1. The lowest BCUT2D eigenvalue weighted by Gasteiger charge is -2.04. The molecule has 0 spiro atoms. The molecular formula is C8H6ClF2NO2. The fourth-order valence-electron chi connectivity index (χ4n) is 0.962. The number of hydrogen-bond donors (Lipinski definition) is 1. The topological polar surface area (TPSA) is 50.2 Å². The minimum atomic E-state index is -2.62. The smallest absolute Gasteiger partial charge is 0.337 e. The monoisotopic (exact) mass is 221 g/mol. The molecule has 76 valence electrons. The fourth-order valence-corrected chi connectivity index (χ4v) is 1.12. The lowest BCUT2D eigenvalue weighted by atomic mass is 10.1. The van der Waals surface area contributed by atoms with Crippen LogP contribution in [0.15, 0.2) is 12.3 Å². The number of alkyl halides is 2. The second kappa shape index (κ2) is 4.32. The first kappa shape index (κ1) is 10.8. The summed E-state index contributed by atoms with van der Waals surface area (Å²) in [7, 11) is 0. The van der Waals surface area contributed by atoms with Gasteiger partial charge < -0.3 is 5.11 Å². The van der Waals surface area contributed by atoms with E-state index in [1.807, 2.05) is 0 Å². The van der Waals surface area contributed by atoms with Gasteiger partial charge in [0.15, 0.2) is 0 Å². The molecule has 0 unspecified atom stereocenters. The first-order valence-corrected chi connectivity index (χ1v) is 4.04. The summed E-state index contributed by atoms with van der Waals surface area (Å²) in [5, 5.41) is 8.77. The fraction of sp³-hybridized carbons (Fsp3) is 0.250.